The van der Waals surface area contributed by atoms with Crippen LogP contribution in [0.25, 0.3) is 0 Å². The quantitative estimate of drug-likeness (QED) is 0.789. The standard InChI is InChI=1S/C17H26N2/c1-17(2,3)15-7-5-6-14(12-15)13-8-10-16(11-9-13)19-18-4/h5-7,12-13,18H,8-11H2,1-4H3. The van der Waals surface area contributed by atoms with Crippen LogP contribution in [-0.2, 0) is 5.41 Å². The van der Waals surface area contributed by atoms with Gasteiger partial charge in [0.25, 0.3) is 0 Å². The van der Waals surface area contributed by atoms with Gasteiger partial charge in [-0.25, -0.2) is 0 Å². The molecule has 0 spiro atoms. The molecule has 104 valence electrons. The van der Waals surface area contributed by atoms with Crippen LogP contribution in [0, 0.1) is 0 Å². The highest BCUT2D eigenvalue weighted by atomic mass is 15.3. The Morgan fingerprint density at radius 2 is 1.84 bits per heavy atom. The maximum atomic E-state index is 4.34. The SMILES string of the molecule is CNN=C1CCC(c2cccc(C(C)(C)C)c2)CC1. The smallest absolute Gasteiger partial charge is 0.0378 e. The largest absolute Gasteiger partial charge is 0.313 e. The molecule has 1 saturated carbocycles. The molecule has 1 aliphatic carbocycles. The summed E-state index contributed by atoms with van der Waals surface area (Å²) in [5.41, 5.74) is 7.43. The fraction of sp³-hybridized carbons (Fsp3) is 0.588. The van der Waals surface area contributed by atoms with Gasteiger partial charge in [0.05, 0.1) is 0 Å². The lowest BCUT2D eigenvalue weighted by atomic mass is 9.80. The van der Waals surface area contributed by atoms with E-state index in [1.54, 1.807) is 0 Å². The lowest BCUT2D eigenvalue weighted by Gasteiger charge is -2.26. The van der Waals surface area contributed by atoms with Crippen molar-refractivity contribution < 1.29 is 0 Å². The Morgan fingerprint density at radius 1 is 1.16 bits per heavy atom. The molecule has 1 N–H and O–H groups in total. The van der Waals surface area contributed by atoms with Gasteiger partial charge in [0.15, 0.2) is 0 Å². The normalized spacial score (nSPS) is 20.2. The molecule has 2 rings (SSSR count). The van der Waals surface area contributed by atoms with E-state index in [9.17, 15) is 0 Å². The number of nitrogens with one attached hydrogen (secondary N) is 1. The molecule has 0 aromatic heterocycles. The Bertz CT molecular complexity index is 445. The van der Waals surface area contributed by atoms with Gasteiger partial charge in [0.1, 0.15) is 0 Å². The molecular formula is C17H26N2. The van der Waals surface area contributed by atoms with Crippen molar-refractivity contribution in [3.8, 4) is 0 Å². The molecule has 1 aromatic rings. The molecular weight excluding hydrogens is 232 g/mol. The van der Waals surface area contributed by atoms with Crippen LogP contribution in [-0.4, -0.2) is 12.8 Å². The van der Waals surface area contributed by atoms with Crippen molar-refractivity contribution in [3.63, 3.8) is 0 Å². The Morgan fingerprint density at radius 3 is 2.42 bits per heavy atom. The van der Waals surface area contributed by atoms with Crippen LogP contribution in [0.3, 0.4) is 0 Å². The van der Waals surface area contributed by atoms with E-state index in [1.807, 2.05) is 7.05 Å². The van der Waals surface area contributed by atoms with E-state index >= 15 is 0 Å². The van der Waals surface area contributed by atoms with Crippen LogP contribution in [0.1, 0.15) is 63.5 Å². The molecule has 1 aromatic carbocycles. The van der Waals surface area contributed by atoms with Gasteiger partial charge in [-0.1, -0.05) is 45.0 Å². The summed E-state index contributed by atoms with van der Waals surface area (Å²) in [5, 5.41) is 4.34. The van der Waals surface area contributed by atoms with Gasteiger partial charge in [0, 0.05) is 12.8 Å². The van der Waals surface area contributed by atoms with Crippen LogP contribution >= 0.6 is 0 Å². The predicted molar refractivity (Wildman–Crippen MR) is 82.8 cm³/mol. The van der Waals surface area contributed by atoms with E-state index in [0.29, 0.717) is 5.92 Å². The number of benzene rings is 1. The molecule has 0 heterocycles. The third kappa shape index (κ3) is 3.59. The number of rotatable bonds is 2. The lowest BCUT2D eigenvalue weighted by Crippen LogP contribution is -2.16. The molecule has 1 fully saturated rings. The molecule has 2 nitrogen and oxygen atoms in total. The highest BCUT2D eigenvalue weighted by molar-refractivity contribution is 5.85. The van der Waals surface area contributed by atoms with Crippen LogP contribution in [0.2, 0.25) is 0 Å². The van der Waals surface area contributed by atoms with Crippen molar-refractivity contribution in [2.24, 2.45) is 5.10 Å². The predicted octanol–water partition coefficient (Wildman–Crippen LogP) is 4.22. The molecule has 0 radical (unpaired) electrons. The van der Waals surface area contributed by atoms with Gasteiger partial charge >= 0.3 is 0 Å². The van der Waals surface area contributed by atoms with Crippen LogP contribution in [0.5, 0.6) is 0 Å². The molecule has 0 aliphatic heterocycles. The molecule has 19 heavy (non-hydrogen) atoms. The van der Waals surface area contributed by atoms with Gasteiger partial charge in [-0.3, -0.25) is 0 Å². The maximum absolute atomic E-state index is 4.34. The van der Waals surface area contributed by atoms with E-state index in [-0.39, 0.29) is 5.41 Å². The zero-order chi connectivity index (χ0) is 13.9. The van der Waals surface area contributed by atoms with Gasteiger partial charge in [-0.05, 0) is 48.1 Å². The summed E-state index contributed by atoms with van der Waals surface area (Å²) >= 11 is 0. The Kier molecular flexibility index (Phi) is 4.28. The van der Waals surface area contributed by atoms with Crippen molar-refractivity contribution in [1.29, 1.82) is 0 Å². The fourth-order valence-corrected chi connectivity index (χ4v) is 2.81. The topological polar surface area (TPSA) is 24.4 Å². The third-order valence-electron chi connectivity index (χ3n) is 4.06. The second-order valence-corrected chi connectivity index (χ2v) is 6.55. The van der Waals surface area contributed by atoms with Gasteiger partial charge < -0.3 is 5.43 Å². The Hall–Kier alpha value is -1.31. The zero-order valence-electron chi connectivity index (χ0n) is 12.7. The fourth-order valence-electron chi connectivity index (χ4n) is 2.81. The molecule has 0 saturated heterocycles. The second-order valence-electron chi connectivity index (χ2n) is 6.55. The van der Waals surface area contributed by atoms with E-state index < -0.39 is 0 Å². The number of hydrogen-bond acceptors (Lipinski definition) is 2. The average Bonchev–Trinajstić information content (AvgIpc) is 2.39. The summed E-state index contributed by atoms with van der Waals surface area (Å²) in [7, 11) is 1.88. The van der Waals surface area contributed by atoms with Crippen LogP contribution in [0.4, 0.5) is 0 Å². The average molecular weight is 258 g/mol. The van der Waals surface area contributed by atoms with E-state index in [2.05, 4.69) is 55.6 Å². The number of hydrazone groups is 1. The van der Waals surface area contributed by atoms with Crippen molar-refractivity contribution >= 4 is 5.71 Å². The second kappa shape index (κ2) is 5.77. The monoisotopic (exact) mass is 258 g/mol. The highest BCUT2D eigenvalue weighted by Gasteiger charge is 2.21. The number of hydrogen-bond donors (Lipinski definition) is 1. The minimum Gasteiger partial charge on any atom is -0.313 e. The Balaban J connectivity index is 2.10. The summed E-state index contributed by atoms with van der Waals surface area (Å²) in [6, 6.07) is 9.17. The van der Waals surface area contributed by atoms with E-state index in [4.69, 9.17) is 0 Å². The molecule has 0 atom stereocenters. The first-order valence-corrected chi connectivity index (χ1v) is 7.33. The van der Waals surface area contributed by atoms with Crippen molar-refractivity contribution in [1.82, 2.24) is 5.43 Å². The summed E-state index contributed by atoms with van der Waals surface area (Å²) in [4.78, 5) is 0. The zero-order valence-corrected chi connectivity index (χ0v) is 12.7. The van der Waals surface area contributed by atoms with Crippen LogP contribution in [0.15, 0.2) is 29.4 Å². The first-order valence-electron chi connectivity index (χ1n) is 7.33. The maximum Gasteiger partial charge on any atom is 0.0378 e. The van der Waals surface area contributed by atoms with Crippen molar-refractivity contribution in [3.05, 3.63) is 35.4 Å². The highest BCUT2D eigenvalue weighted by Crippen LogP contribution is 2.33. The summed E-state index contributed by atoms with van der Waals surface area (Å²) < 4.78 is 0. The minimum atomic E-state index is 0.240. The van der Waals surface area contributed by atoms with E-state index in [1.165, 1.54) is 29.7 Å². The van der Waals surface area contributed by atoms with Gasteiger partial charge in [-0.2, -0.15) is 5.10 Å². The van der Waals surface area contributed by atoms with Crippen LogP contribution < -0.4 is 5.43 Å². The minimum absolute atomic E-state index is 0.240. The molecule has 1 aliphatic rings. The van der Waals surface area contributed by atoms with Crippen molar-refractivity contribution in [2.75, 3.05) is 7.05 Å². The molecule has 0 unspecified atom stereocenters. The number of nitrogens with zero attached hydrogens (tertiary/aromatic N) is 1. The summed E-state index contributed by atoms with van der Waals surface area (Å²) in [6.07, 6.45) is 4.72. The van der Waals surface area contributed by atoms with Gasteiger partial charge in [0.2, 0.25) is 0 Å². The summed E-state index contributed by atoms with van der Waals surface area (Å²) in [6.45, 7) is 6.85. The molecule has 0 bridgehead atoms. The molecule has 2 heteroatoms. The first kappa shape index (κ1) is 14.1. The van der Waals surface area contributed by atoms with Gasteiger partial charge in [-0.15, -0.1) is 0 Å². The van der Waals surface area contributed by atoms with Crippen molar-refractivity contribution in [2.45, 2.75) is 57.8 Å². The first-order chi connectivity index (χ1) is 9.00. The third-order valence-corrected chi connectivity index (χ3v) is 4.06. The van der Waals surface area contributed by atoms with E-state index in [0.717, 1.165) is 12.8 Å². The lowest BCUT2D eigenvalue weighted by molar-refractivity contribution is 0.554. The molecule has 0 amide bonds. The Labute approximate surface area is 117 Å². The summed E-state index contributed by atoms with van der Waals surface area (Å²) in [5.74, 6) is 0.707.